The molecule has 0 amide bonds. The summed E-state index contributed by atoms with van der Waals surface area (Å²) in [5.41, 5.74) is -0.0190. The molecule has 1 saturated carbocycles. The van der Waals surface area contributed by atoms with Crippen molar-refractivity contribution in [3.05, 3.63) is 73.8 Å². The Morgan fingerprint density at radius 2 is 2.15 bits per heavy atom. The first-order valence-corrected chi connectivity index (χ1v) is 8.41. The lowest BCUT2D eigenvalue weighted by Gasteiger charge is -2.08. The van der Waals surface area contributed by atoms with Crippen molar-refractivity contribution < 1.29 is 4.42 Å². The van der Waals surface area contributed by atoms with Crippen molar-refractivity contribution in [2.75, 3.05) is 0 Å². The van der Waals surface area contributed by atoms with Crippen LogP contribution in [0.15, 0.2) is 50.7 Å². The van der Waals surface area contributed by atoms with Crippen LogP contribution in [-0.2, 0) is 6.54 Å². The summed E-state index contributed by atoms with van der Waals surface area (Å²) in [6.07, 6.45) is 4.47. The fourth-order valence-electron chi connectivity index (χ4n) is 2.75. The zero-order valence-electron chi connectivity index (χ0n) is 13.6. The van der Waals surface area contributed by atoms with Gasteiger partial charge >= 0.3 is 5.69 Å². The summed E-state index contributed by atoms with van der Waals surface area (Å²) in [5.74, 6) is 0.342. The molecule has 2 aromatic heterocycles. The molecule has 4 rings (SSSR count). The van der Waals surface area contributed by atoms with Gasteiger partial charge in [-0.15, -0.1) is 0 Å². The molecule has 0 atom stereocenters. The highest BCUT2D eigenvalue weighted by atomic mass is 35.5. The molecule has 1 aromatic carbocycles. The number of nitriles is 1. The van der Waals surface area contributed by atoms with Crippen LogP contribution in [0.2, 0.25) is 5.02 Å². The maximum atomic E-state index is 12.6. The normalized spacial score (nSPS) is 13.5. The van der Waals surface area contributed by atoms with Crippen molar-refractivity contribution >= 4 is 11.6 Å². The Labute approximate surface area is 152 Å². The first-order valence-electron chi connectivity index (χ1n) is 8.03. The van der Waals surface area contributed by atoms with Gasteiger partial charge in [-0.1, -0.05) is 17.7 Å². The third-order valence-electron chi connectivity index (χ3n) is 4.20. The first-order chi connectivity index (χ1) is 12.6. The highest BCUT2D eigenvalue weighted by Gasteiger charge is 2.27. The summed E-state index contributed by atoms with van der Waals surface area (Å²) >= 11 is 5.97. The van der Waals surface area contributed by atoms with Crippen LogP contribution in [-0.4, -0.2) is 14.1 Å². The van der Waals surface area contributed by atoms with Crippen molar-refractivity contribution in [1.82, 2.24) is 14.1 Å². The van der Waals surface area contributed by atoms with Gasteiger partial charge in [0.1, 0.15) is 17.9 Å². The van der Waals surface area contributed by atoms with Crippen LogP contribution in [0.4, 0.5) is 0 Å². The molecule has 0 bridgehead atoms. The van der Waals surface area contributed by atoms with Gasteiger partial charge in [-0.2, -0.15) is 5.26 Å². The molecular formula is C18H13ClN4O3. The average molecular weight is 369 g/mol. The van der Waals surface area contributed by atoms with Crippen molar-refractivity contribution in [3.8, 4) is 17.5 Å². The highest BCUT2D eigenvalue weighted by Crippen LogP contribution is 2.33. The molecule has 1 aliphatic carbocycles. The van der Waals surface area contributed by atoms with Crippen LogP contribution >= 0.6 is 11.6 Å². The lowest BCUT2D eigenvalue weighted by molar-refractivity contribution is 0.563. The Balaban J connectivity index is 1.72. The highest BCUT2D eigenvalue weighted by molar-refractivity contribution is 6.30. The van der Waals surface area contributed by atoms with Gasteiger partial charge in [0, 0.05) is 22.8 Å². The molecule has 0 aliphatic heterocycles. The Hall–Kier alpha value is -3.11. The van der Waals surface area contributed by atoms with Crippen molar-refractivity contribution in [2.45, 2.75) is 25.4 Å². The summed E-state index contributed by atoms with van der Waals surface area (Å²) in [6.45, 7) is -0.0655. The van der Waals surface area contributed by atoms with E-state index in [2.05, 4.69) is 4.98 Å². The van der Waals surface area contributed by atoms with Gasteiger partial charge in [-0.25, -0.2) is 9.78 Å². The molecule has 8 heteroatoms. The lowest BCUT2D eigenvalue weighted by Crippen LogP contribution is -2.41. The molecule has 130 valence electrons. The molecule has 1 aliphatic rings. The monoisotopic (exact) mass is 368 g/mol. The van der Waals surface area contributed by atoms with E-state index in [0.717, 1.165) is 17.4 Å². The van der Waals surface area contributed by atoms with E-state index in [9.17, 15) is 14.9 Å². The Morgan fingerprint density at radius 1 is 1.35 bits per heavy atom. The Morgan fingerprint density at radius 3 is 2.85 bits per heavy atom. The maximum Gasteiger partial charge on any atom is 0.331 e. The first kappa shape index (κ1) is 16.4. The summed E-state index contributed by atoms with van der Waals surface area (Å²) < 4.78 is 7.93. The standard InChI is InChI=1S/C18H13ClN4O3/c19-13-3-1-2-11(6-13)16-21-14(10-26-16)9-23-17(24)12(7-20)8-22(18(23)25)15-4-5-15/h1-3,6,8,10,15H,4-5,9H2. The number of nitrogens with zero attached hydrogens (tertiary/aromatic N) is 4. The average Bonchev–Trinajstić information content (AvgIpc) is 3.36. The Kier molecular flexibility index (Phi) is 3.98. The molecule has 3 aromatic rings. The summed E-state index contributed by atoms with van der Waals surface area (Å²) in [7, 11) is 0. The molecule has 0 radical (unpaired) electrons. The molecular weight excluding hydrogens is 356 g/mol. The van der Waals surface area contributed by atoms with E-state index in [1.165, 1.54) is 17.0 Å². The second-order valence-electron chi connectivity index (χ2n) is 6.12. The van der Waals surface area contributed by atoms with Gasteiger partial charge in [0.2, 0.25) is 5.89 Å². The van der Waals surface area contributed by atoms with E-state index in [0.29, 0.717) is 22.2 Å². The largest absolute Gasteiger partial charge is 0.444 e. The second-order valence-corrected chi connectivity index (χ2v) is 6.56. The number of hydrogen-bond donors (Lipinski definition) is 0. The summed E-state index contributed by atoms with van der Waals surface area (Å²) in [4.78, 5) is 29.3. The van der Waals surface area contributed by atoms with Gasteiger partial charge in [0.05, 0.1) is 12.2 Å². The van der Waals surface area contributed by atoms with Gasteiger partial charge in [0.25, 0.3) is 5.56 Å². The van der Waals surface area contributed by atoms with E-state index in [-0.39, 0.29) is 18.2 Å². The topological polar surface area (TPSA) is 93.8 Å². The SMILES string of the molecule is N#Cc1cn(C2CC2)c(=O)n(Cc2coc(-c3cccc(Cl)c3)n2)c1=O. The molecule has 2 heterocycles. The third-order valence-corrected chi connectivity index (χ3v) is 4.43. The van der Waals surface area contributed by atoms with Crippen LogP contribution in [0.25, 0.3) is 11.5 Å². The summed E-state index contributed by atoms with van der Waals surface area (Å²) in [5, 5.41) is 9.73. The quantitative estimate of drug-likeness (QED) is 0.705. The van der Waals surface area contributed by atoms with Crippen LogP contribution in [0.5, 0.6) is 0 Å². The number of oxazole rings is 1. The molecule has 0 unspecified atom stereocenters. The third kappa shape index (κ3) is 2.95. The van der Waals surface area contributed by atoms with E-state index in [4.69, 9.17) is 16.0 Å². The molecule has 7 nitrogen and oxygen atoms in total. The maximum absolute atomic E-state index is 12.6. The predicted molar refractivity (Wildman–Crippen MR) is 94.0 cm³/mol. The zero-order valence-corrected chi connectivity index (χ0v) is 14.3. The van der Waals surface area contributed by atoms with Gasteiger partial charge < -0.3 is 4.42 Å². The van der Waals surface area contributed by atoms with Gasteiger partial charge in [-0.3, -0.25) is 13.9 Å². The van der Waals surface area contributed by atoms with Crippen molar-refractivity contribution in [3.63, 3.8) is 0 Å². The van der Waals surface area contributed by atoms with Crippen LogP contribution in [0, 0.1) is 11.3 Å². The van der Waals surface area contributed by atoms with E-state index >= 15 is 0 Å². The molecule has 0 spiro atoms. The lowest BCUT2D eigenvalue weighted by atomic mass is 10.2. The zero-order chi connectivity index (χ0) is 18.3. The van der Waals surface area contributed by atoms with Crippen LogP contribution in [0.3, 0.4) is 0 Å². The minimum absolute atomic E-state index is 0.0563. The molecule has 0 N–H and O–H groups in total. The van der Waals surface area contributed by atoms with Crippen molar-refractivity contribution in [1.29, 1.82) is 5.26 Å². The van der Waals surface area contributed by atoms with Crippen LogP contribution < -0.4 is 11.2 Å². The molecule has 0 saturated heterocycles. The number of hydrogen-bond acceptors (Lipinski definition) is 5. The molecule has 1 fully saturated rings. The summed E-state index contributed by atoms with van der Waals surface area (Å²) in [6, 6.07) is 8.93. The Bertz CT molecular complexity index is 1150. The second kappa shape index (κ2) is 6.32. The van der Waals surface area contributed by atoms with Gasteiger partial charge in [0.15, 0.2) is 0 Å². The minimum Gasteiger partial charge on any atom is -0.444 e. The minimum atomic E-state index is -0.623. The predicted octanol–water partition coefficient (Wildman–Crippen LogP) is 2.57. The number of aromatic nitrogens is 3. The van der Waals surface area contributed by atoms with Crippen molar-refractivity contribution in [2.24, 2.45) is 0 Å². The van der Waals surface area contributed by atoms with E-state index in [1.807, 2.05) is 6.07 Å². The van der Waals surface area contributed by atoms with Gasteiger partial charge in [-0.05, 0) is 31.0 Å². The molecule has 26 heavy (non-hydrogen) atoms. The van der Waals surface area contributed by atoms with E-state index in [1.54, 1.807) is 24.3 Å². The van der Waals surface area contributed by atoms with E-state index < -0.39 is 11.2 Å². The fourth-order valence-corrected chi connectivity index (χ4v) is 2.94. The number of rotatable bonds is 4. The smallest absolute Gasteiger partial charge is 0.331 e. The number of halogens is 1. The fraction of sp³-hybridized carbons (Fsp3) is 0.222. The number of benzene rings is 1. The van der Waals surface area contributed by atoms with Crippen LogP contribution in [0.1, 0.15) is 30.1 Å².